The molecule has 174 valence electrons. The van der Waals surface area contributed by atoms with Crippen LogP contribution in [0.15, 0.2) is 76.8 Å². The number of nitrogens with zero attached hydrogens (tertiary/aromatic N) is 3. The van der Waals surface area contributed by atoms with Gasteiger partial charge in [0.15, 0.2) is 0 Å². The summed E-state index contributed by atoms with van der Waals surface area (Å²) in [7, 11) is 4.06. The van der Waals surface area contributed by atoms with Crippen molar-refractivity contribution in [3.8, 4) is 11.4 Å². The smallest absolute Gasteiger partial charge is 0.272 e. The van der Waals surface area contributed by atoms with Gasteiger partial charge >= 0.3 is 0 Å². The van der Waals surface area contributed by atoms with Crippen LogP contribution in [-0.4, -0.2) is 51.7 Å². The molecule has 0 bridgehead atoms. The van der Waals surface area contributed by atoms with E-state index in [4.69, 9.17) is 4.74 Å². The zero-order valence-electron chi connectivity index (χ0n) is 19.2. The summed E-state index contributed by atoms with van der Waals surface area (Å²) in [4.78, 5) is 36.7. The summed E-state index contributed by atoms with van der Waals surface area (Å²) in [6, 6.07) is 15.0. The molecule has 4 rings (SSSR count). The molecule has 0 saturated carbocycles. The van der Waals surface area contributed by atoms with Crippen molar-refractivity contribution in [1.29, 1.82) is 0 Å². The highest BCUT2D eigenvalue weighted by molar-refractivity contribution is 5.51. The normalized spacial score (nSPS) is 12.4. The summed E-state index contributed by atoms with van der Waals surface area (Å²) in [5.74, 6) is 0.766. The van der Waals surface area contributed by atoms with E-state index < -0.39 is 0 Å². The highest BCUT2D eigenvalue weighted by atomic mass is 16.5. The highest BCUT2D eigenvalue weighted by Gasteiger charge is 2.00. The molecule has 0 fully saturated rings. The van der Waals surface area contributed by atoms with Gasteiger partial charge < -0.3 is 24.2 Å². The maximum absolute atomic E-state index is 12.6. The first-order valence-electron chi connectivity index (χ1n) is 11.0. The second-order valence-corrected chi connectivity index (χ2v) is 8.16. The molecule has 0 saturated heterocycles. The molecule has 0 spiro atoms. The largest absolute Gasteiger partial charge is 0.494 e. The fourth-order valence-corrected chi connectivity index (χ4v) is 3.42. The SMILES string of the molecule is CN(C)CCCOc1ccc(C=c2[nH]c(=O)c(=Cc3ccc(-n4ccnc4)cc3)[nH]c2=O)cc1. The summed E-state index contributed by atoms with van der Waals surface area (Å²) in [6.45, 7) is 1.60. The van der Waals surface area contributed by atoms with Gasteiger partial charge in [-0.15, -0.1) is 0 Å². The minimum Gasteiger partial charge on any atom is -0.494 e. The lowest BCUT2D eigenvalue weighted by Gasteiger charge is -2.10. The first-order chi connectivity index (χ1) is 16.5. The van der Waals surface area contributed by atoms with Crippen molar-refractivity contribution in [1.82, 2.24) is 24.4 Å². The molecule has 0 aliphatic carbocycles. The Hall–Kier alpha value is -4.17. The summed E-state index contributed by atoms with van der Waals surface area (Å²) in [5.41, 5.74) is 1.79. The van der Waals surface area contributed by atoms with Crippen LogP contribution in [0.4, 0.5) is 0 Å². The molecule has 2 heterocycles. The third kappa shape index (κ3) is 5.99. The van der Waals surface area contributed by atoms with Crippen LogP contribution < -0.4 is 26.6 Å². The van der Waals surface area contributed by atoms with Crippen LogP contribution >= 0.6 is 0 Å². The number of hydrogen-bond acceptors (Lipinski definition) is 5. The van der Waals surface area contributed by atoms with Crippen LogP contribution in [0.3, 0.4) is 0 Å². The van der Waals surface area contributed by atoms with Crippen molar-refractivity contribution in [3.05, 3.63) is 110 Å². The van der Waals surface area contributed by atoms with Crippen molar-refractivity contribution >= 4 is 12.2 Å². The molecule has 0 radical (unpaired) electrons. The Balaban J connectivity index is 1.51. The standard InChI is InChI=1S/C26H27N5O3/c1-30(2)13-3-15-34-22-10-6-20(7-11-22)17-24-26(33)28-23(25(32)29-24)16-19-4-8-21(9-5-19)31-14-12-27-18-31/h4-12,14,16-18H,3,13,15H2,1-2H3,(H,28,33)(H,29,32). The number of imidazole rings is 1. The second kappa shape index (κ2) is 10.6. The number of aromatic amines is 2. The fourth-order valence-electron chi connectivity index (χ4n) is 3.42. The van der Waals surface area contributed by atoms with E-state index in [1.54, 1.807) is 24.7 Å². The van der Waals surface area contributed by atoms with Gasteiger partial charge in [-0.05, 0) is 68.1 Å². The zero-order valence-corrected chi connectivity index (χ0v) is 19.2. The van der Waals surface area contributed by atoms with Crippen molar-refractivity contribution in [2.75, 3.05) is 27.2 Å². The summed E-state index contributed by atoms with van der Waals surface area (Å²) >= 11 is 0. The number of rotatable bonds is 8. The Labute approximate surface area is 196 Å². The van der Waals surface area contributed by atoms with Crippen LogP contribution in [0.25, 0.3) is 17.8 Å². The number of hydrogen-bond donors (Lipinski definition) is 2. The number of aromatic nitrogens is 4. The number of benzene rings is 2. The van der Waals surface area contributed by atoms with E-state index in [1.807, 2.05) is 73.4 Å². The molecule has 0 unspecified atom stereocenters. The van der Waals surface area contributed by atoms with Gasteiger partial charge in [-0.25, -0.2) is 4.98 Å². The third-order valence-electron chi connectivity index (χ3n) is 5.20. The zero-order chi connectivity index (χ0) is 23.9. The van der Waals surface area contributed by atoms with E-state index in [-0.39, 0.29) is 21.8 Å². The Kier molecular flexibility index (Phi) is 7.19. The van der Waals surface area contributed by atoms with Gasteiger partial charge in [0.25, 0.3) is 11.1 Å². The Bertz CT molecular complexity index is 1450. The van der Waals surface area contributed by atoms with Crippen LogP contribution in [0.1, 0.15) is 17.5 Å². The third-order valence-corrected chi connectivity index (χ3v) is 5.20. The Morgan fingerprint density at radius 1 is 0.912 bits per heavy atom. The molecule has 8 heteroatoms. The van der Waals surface area contributed by atoms with Gasteiger partial charge in [-0.2, -0.15) is 0 Å². The quantitative estimate of drug-likeness (QED) is 0.388. The summed E-state index contributed by atoms with van der Waals surface area (Å²) in [6.07, 6.45) is 9.49. The Morgan fingerprint density at radius 3 is 2.03 bits per heavy atom. The average Bonchev–Trinajstić information content (AvgIpc) is 3.36. The van der Waals surface area contributed by atoms with E-state index in [0.29, 0.717) is 6.61 Å². The molecule has 0 aliphatic heterocycles. The fraction of sp³-hybridized carbons (Fsp3) is 0.192. The second-order valence-electron chi connectivity index (χ2n) is 8.16. The molecular formula is C26H27N5O3. The number of ether oxygens (including phenoxy) is 1. The van der Waals surface area contributed by atoms with Gasteiger partial charge in [0.2, 0.25) is 0 Å². The van der Waals surface area contributed by atoms with Crippen LogP contribution in [0.2, 0.25) is 0 Å². The highest BCUT2D eigenvalue weighted by Crippen LogP contribution is 2.13. The van der Waals surface area contributed by atoms with E-state index >= 15 is 0 Å². The van der Waals surface area contributed by atoms with Crippen molar-refractivity contribution in [3.63, 3.8) is 0 Å². The topological polar surface area (TPSA) is 96.0 Å². The average molecular weight is 458 g/mol. The minimum absolute atomic E-state index is 0.192. The molecular weight excluding hydrogens is 430 g/mol. The number of nitrogens with one attached hydrogen (secondary N) is 2. The Morgan fingerprint density at radius 2 is 1.50 bits per heavy atom. The van der Waals surface area contributed by atoms with Crippen molar-refractivity contribution in [2.45, 2.75) is 6.42 Å². The van der Waals surface area contributed by atoms with E-state index in [2.05, 4.69) is 19.9 Å². The monoisotopic (exact) mass is 457 g/mol. The molecule has 0 atom stereocenters. The van der Waals surface area contributed by atoms with Gasteiger partial charge in [-0.3, -0.25) is 9.59 Å². The first kappa shape index (κ1) is 23.0. The van der Waals surface area contributed by atoms with E-state index in [1.165, 1.54) is 0 Å². The predicted octanol–water partition coefficient (Wildman–Crippen LogP) is 1.24. The lowest BCUT2D eigenvalue weighted by atomic mass is 10.2. The van der Waals surface area contributed by atoms with Crippen LogP contribution in [0, 0.1) is 0 Å². The molecule has 8 nitrogen and oxygen atoms in total. The predicted molar refractivity (Wildman–Crippen MR) is 133 cm³/mol. The van der Waals surface area contributed by atoms with Gasteiger partial charge in [0, 0.05) is 24.6 Å². The first-order valence-corrected chi connectivity index (χ1v) is 11.0. The van der Waals surface area contributed by atoms with Crippen LogP contribution in [0.5, 0.6) is 5.75 Å². The van der Waals surface area contributed by atoms with Gasteiger partial charge in [0.1, 0.15) is 16.4 Å². The maximum atomic E-state index is 12.6. The van der Waals surface area contributed by atoms with Crippen molar-refractivity contribution in [2.24, 2.45) is 0 Å². The summed E-state index contributed by atoms with van der Waals surface area (Å²) < 4.78 is 7.61. The molecule has 0 amide bonds. The maximum Gasteiger partial charge on any atom is 0.272 e. The van der Waals surface area contributed by atoms with Gasteiger partial charge in [0.05, 0.1) is 12.9 Å². The lowest BCUT2D eigenvalue weighted by Crippen LogP contribution is -2.46. The van der Waals surface area contributed by atoms with Crippen molar-refractivity contribution < 1.29 is 4.74 Å². The molecule has 2 N–H and O–H groups in total. The molecule has 34 heavy (non-hydrogen) atoms. The summed E-state index contributed by atoms with van der Waals surface area (Å²) in [5, 5.41) is 0.385. The molecule has 0 aliphatic rings. The minimum atomic E-state index is -0.370. The number of H-pyrrole nitrogens is 2. The van der Waals surface area contributed by atoms with E-state index in [0.717, 1.165) is 35.5 Å². The molecule has 4 aromatic rings. The molecule has 2 aromatic heterocycles. The van der Waals surface area contributed by atoms with Gasteiger partial charge in [-0.1, -0.05) is 24.3 Å². The van der Waals surface area contributed by atoms with E-state index in [9.17, 15) is 9.59 Å². The lowest BCUT2D eigenvalue weighted by molar-refractivity contribution is 0.281. The molecule has 2 aromatic carbocycles. The van der Waals surface area contributed by atoms with Crippen LogP contribution in [-0.2, 0) is 0 Å².